The largest absolute Gasteiger partial charge is 0.508 e. The van der Waals surface area contributed by atoms with Gasteiger partial charge in [0.1, 0.15) is 11.5 Å². The standard InChI is InChI=1S/C18H18N4O3/c1-11-8-17(25)21-22-18(11)12-2-4-14(5-3-12)20-19-10-13-9-15(23)6-7-16(13)24/h2-7,9,11,23-24H,8,10H2,1H3,(H,21,25). The minimum atomic E-state index is -0.0723. The fourth-order valence-corrected chi connectivity index (χ4v) is 2.59. The summed E-state index contributed by atoms with van der Waals surface area (Å²) in [6.45, 7) is 2.13. The molecule has 1 aliphatic heterocycles. The van der Waals surface area contributed by atoms with Crippen molar-refractivity contribution in [3.63, 3.8) is 0 Å². The number of phenolic OH excluding ortho intramolecular Hbond substituents is 2. The van der Waals surface area contributed by atoms with Crippen molar-refractivity contribution in [3.8, 4) is 11.5 Å². The lowest BCUT2D eigenvalue weighted by molar-refractivity contribution is -0.121. The maximum atomic E-state index is 11.3. The van der Waals surface area contributed by atoms with Crippen LogP contribution in [0, 0.1) is 5.92 Å². The molecule has 3 rings (SSSR count). The number of rotatable bonds is 4. The van der Waals surface area contributed by atoms with Crippen LogP contribution < -0.4 is 5.43 Å². The van der Waals surface area contributed by atoms with Gasteiger partial charge in [-0.15, -0.1) is 0 Å². The molecule has 0 aliphatic carbocycles. The maximum absolute atomic E-state index is 11.3. The average Bonchev–Trinajstić information content (AvgIpc) is 2.59. The van der Waals surface area contributed by atoms with E-state index in [0.717, 1.165) is 11.3 Å². The number of hydrazone groups is 1. The highest BCUT2D eigenvalue weighted by Gasteiger charge is 2.21. The summed E-state index contributed by atoms with van der Waals surface area (Å²) in [6.07, 6.45) is 0.424. The topological polar surface area (TPSA) is 107 Å². The van der Waals surface area contributed by atoms with Gasteiger partial charge >= 0.3 is 0 Å². The lowest BCUT2D eigenvalue weighted by atomic mass is 9.94. The molecule has 1 unspecified atom stereocenters. The molecule has 0 aromatic heterocycles. The van der Waals surface area contributed by atoms with Gasteiger partial charge in [-0.2, -0.15) is 15.3 Å². The van der Waals surface area contributed by atoms with Crippen LogP contribution in [0.2, 0.25) is 0 Å². The van der Waals surface area contributed by atoms with Crippen LogP contribution >= 0.6 is 0 Å². The van der Waals surface area contributed by atoms with Crippen LogP contribution in [0.5, 0.6) is 11.5 Å². The lowest BCUT2D eigenvalue weighted by Crippen LogP contribution is -2.31. The molecular formula is C18H18N4O3. The van der Waals surface area contributed by atoms with E-state index in [1.165, 1.54) is 18.2 Å². The third-order valence-corrected chi connectivity index (χ3v) is 3.91. The van der Waals surface area contributed by atoms with Gasteiger partial charge in [-0.3, -0.25) is 4.79 Å². The number of phenols is 2. The smallest absolute Gasteiger partial charge is 0.240 e. The normalized spacial score (nSPS) is 17.4. The van der Waals surface area contributed by atoms with Crippen molar-refractivity contribution in [1.29, 1.82) is 0 Å². The van der Waals surface area contributed by atoms with Gasteiger partial charge in [0, 0.05) is 17.9 Å². The molecule has 0 saturated carbocycles. The molecule has 0 fully saturated rings. The zero-order valence-electron chi connectivity index (χ0n) is 13.7. The molecule has 0 saturated heterocycles. The number of aromatic hydroxyl groups is 2. The summed E-state index contributed by atoms with van der Waals surface area (Å²) < 4.78 is 0. The van der Waals surface area contributed by atoms with E-state index in [0.29, 0.717) is 17.7 Å². The third kappa shape index (κ3) is 4.00. The Morgan fingerprint density at radius 2 is 1.96 bits per heavy atom. The first-order valence-electron chi connectivity index (χ1n) is 7.88. The monoisotopic (exact) mass is 338 g/mol. The lowest BCUT2D eigenvalue weighted by Gasteiger charge is -2.19. The molecule has 3 N–H and O–H groups in total. The molecule has 1 atom stereocenters. The molecule has 7 nitrogen and oxygen atoms in total. The number of hydrogen-bond acceptors (Lipinski definition) is 6. The van der Waals surface area contributed by atoms with Gasteiger partial charge in [0.2, 0.25) is 5.91 Å². The Hall–Kier alpha value is -3.22. The molecule has 0 spiro atoms. The van der Waals surface area contributed by atoms with Crippen molar-refractivity contribution in [3.05, 3.63) is 53.6 Å². The van der Waals surface area contributed by atoms with Crippen molar-refractivity contribution in [2.75, 3.05) is 0 Å². The molecule has 25 heavy (non-hydrogen) atoms. The van der Waals surface area contributed by atoms with E-state index in [-0.39, 0.29) is 29.9 Å². The Labute approximate surface area is 144 Å². The summed E-state index contributed by atoms with van der Waals surface area (Å²) in [5.41, 5.74) is 5.43. The number of amides is 1. The first kappa shape index (κ1) is 16.6. The first-order valence-corrected chi connectivity index (χ1v) is 7.88. The van der Waals surface area contributed by atoms with E-state index in [1.54, 1.807) is 0 Å². The molecule has 2 aromatic rings. The van der Waals surface area contributed by atoms with Gasteiger partial charge in [-0.1, -0.05) is 19.1 Å². The summed E-state index contributed by atoms with van der Waals surface area (Å²) in [5.74, 6) is 0.132. The summed E-state index contributed by atoms with van der Waals surface area (Å²) in [7, 11) is 0. The van der Waals surface area contributed by atoms with Gasteiger partial charge < -0.3 is 10.2 Å². The van der Waals surface area contributed by atoms with E-state index in [2.05, 4.69) is 20.8 Å². The molecule has 2 aromatic carbocycles. The Morgan fingerprint density at radius 3 is 2.68 bits per heavy atom. The fraction of sp³-hybridized carbons (Fsp3) is 0.222. The van der Waals surface area contributed by atoms with E-state index in [9.17, 15) is 15.0 Å². The molecule has 1 aliphatic rings. The van der Waals surface area contributed by atoms with Crippen LogP contribution in [0.25, 0.3) is 0 Å². The number of hydrogen-bond donors (Lipinski definition) is 3. The molecule has 0 bridgehead atoms. The van der Waals surface area contributed by atoms with Crippen LogP contribution in [-0.4, -0.2) is 21.8 Å². The summed E-state index contributed by atoms with van der Waals surface area (Å²) in [5, 5.41) is 31.4. The van der Waals surface area contributed by atoms with Gasteiger partial charge in [0.15, 0.2) is 0 Å². The third-order valence-electron chi connectivity index (χ3n) is 3.91. The van der Waals surface area contributed by atoms with Crippen molar-refractivity contribution in [1.82, 2.24) is 5.43 Å². The number of nitrogens with zero attached hydrogens (tertiary/aromatic N) is 3. The summed E-state index contributed by atoms with van der Waals surface area (Å²) in [6, 6.07) is 11.7. The number of azo groups is 1. The van der Waals surface area contributed by atoms with Gasteiger partial charge in [-0.05, 0) is 35.9 Å². The molecule has 128 valence electrons. The molecular weight excluding hydrogens is 320 g/mol. The summed E-state index contributed by atoms with van der Waals surface area (Å²) in [4.78, 5) is 11.3. The maximum Gasteiger partial charge on any atom is 0.240 e. The fourth-order valence-electron chi connectivity index (χ4n) is 2.59. The number of carbonyl (C=O) groups is 1. The molecule has 7 heteroatoms. The van der Waals surface area contributed by atoms with Crippen LogP contribution in [0.3, 0.4) is 0 Å². The van der Waals surface area contributed by atoms with Gasteiger partial charge in [0.25, 0.3) is 0 Å². The second-order valence-corrected chi connectivity index (χ2v) is 5.90. The molecule has 1 heterocycles. The van der Waals surface area contributed by atoms with Crippen molar-refractivity contribution in [2.24, 2.45) is 21.2 Å². The number of benzene rings is 2. The minimum Gasteiger partial charge on any atom is -0.508 e. The minimum absolute atomic E-state index is 0.0648. The zero-order chi connectivity index (χ0) is 17.8. The van der Waals surface area contributed by atoms with Crippen molar-refractivity contribution in [2.45, 2.75) is 19.9 Å². The van der Waals surface area contributed by atoms with E-state index in [4.69, 9.17) is 0 Å². The highest BCUT2D eigenvalue weighted by Crippen LogP contribution is 2.24. The van der Waals surface area contributed by atoms with Gasteiger partial charge in [0.05, 0.1) is 17.9 Å². The van der Waals surface area contributed by atoms with Gasteiger partial charge in [-0.25, -0.2) is 5.43 Å². The van der Waals surface area contributed by atoms with Crippen LogP contribution in [0.4, 0.5) is 5.69 Å². The van der Waals surface area contributed by atoms with Crippen LogP contribution in [0.1, 0.15) is 24.5 Å². The Kier molecular flexibility index (Phi) is 4.74. The molecule has 0 radical (unpaired) electrons. The Morgan fingerprint density at radius 1 is 1.20 bits per heavy atom. The highest BCUT2D eigenvalue weighted by molar-refractivity contribution is 6.05. The molecule has 1 amide bonds. The second kappa shape index (κ2) is 7.12. The highest BCUT2D eigenvalue weighted by atomic mass is 16.3. The van der Waals surface area contributed by atoms with Crippen LogP contribution in [-0.2, 0) is 11.3 Å². The number of carbonyl (C=O) groups excluding carboxylic acids is 1. The van der Waals surface area contributed by atoms with E-state index < -0.39 is 0 Å². The predicted octanol–water partition coefficient (Wildman–Crippen LogP) is 3.24. The average molecular weight is 338 g/mol. The predicted molar refractivity (Wildman–Crippen MR) is 92.9 cm³/mol. The Balaban J connectivity index is 1.68. The van der Waals surface area contributed by atoms with Crippen molar-refractivity contribution >= 4 is 17.3 Å². The van der Waals surface area contributed by atoms with Crippen molar-refractivity contribution < 1.29 is 15.0 Å². The van der Waals surface area contributed by atoms with E-state index in [1.807, 2.05) is 31.2 Å². The van der Waals surface area contributed by atoms with E-state index >= 15 is 0 Å². The zero-order valence-corrected chi connectivity index (χ0v) is 13.7. The first-order chi connectivity index (χ1) is 12.0. The SMILES string of the molecule is CC1CC(=O)NN=C1c1ccc(N=NCc2cc(O)ccc2O)cc1. The second-order valence-electron chi connectivity index (χ2n) is 5.90. The number of nitrogens with one attached hydrogen (secondary N) is 1. The quantitative estimate of drug-likeness (QED) is 0.588. The Bertz CT molecular complexity index is 844. The van der Waals surface area contributed by atoms with Crippen LogP contribution in [0.15, 0.2) is 57.8 Å². The summed E-state index contributed by atoms with van der Waals surface area (Å²) >= 11 is 0.